The maximum Gasteiger partial charge on any atom is 0.213 e. The van der Waals surface area contributed by atoms with Crippen molar-refractivity contribution in [2.75, 3.05) is 33.1 Å². The summed E-state index contributed by atoms with van der Waals surface area (Å²) < 4.78 is 37.6. The Morgan fingerprint density at radius 1 is 0.968 bits per heavy atom. The van der Waals surface area contributed by atoms with E-state index in [4.69, 9.17) is 9.47 Å². The molecule has 0 saturated carbocycles. The Balaban J connectivity index is 0.00000480. The zero-order valence-electron chi connectivity index (χ0n) is 18.1. The third kappa shape index (κ3) is 9.74. The van der Waals surface area contributed by atoms with E-state index >= 15 is 0 Å². The lowest BCUT2D eigenvalue weighted by atomic mass is 10.2. The highest BCUT2D eigenvalue weighted by Crippen LogP contribution is 2.27. The minimum absolute atomic E-state index is 0. The number of guanidine groups is 1. The smallest absolute Gasteiger partial charge is 0.213 e. The zero-order valence-corrected chi connectivity index (χ0v) is 21.2. The van der Waals surface area contributed by atoms with Crippen molar-refractivity contribution in [3.05, 3.63) is 59.7 Å². The fraction of sp³-hybridized carbons (Fsp3) is 0.381. The number of nitrogens with one attached hydrogen (secondary N) is 3. The molecule has 2 rings (SSSR count). The lowest BCUT2D eigenvalue weighted by Crippen LogP contribution is -2.41. The Hall–Kier alpha value is -2.05. The summed E-state index contributed by atoms with van der Waals surface area (Å²) in [6.07, 6.45) is 0. The van der Waals surface area contributed by atoms with E-state index in [1.807, 2.05) is 55.5 Å². The summed E-state index contributed by atoms with van der Waals surface area (Å²) in [5.41, 5.74) is 1.86. The number of benzene rings is 2. The summed E-state index contributed by atoms with van der Waals surface area (Å²) in [6, 6.07) is 15.0. The fourth-order valence-electron chi connectivity index (χ4n) is 2.66. The number of sulfonamides is 1. The Bertz CT molecular complexity index is 924. The second-order valence-corrected chi connectivity index (χ2v) is 8.36. The van der Waals surface area contributed by atoms with Gasteiger partial charge in [0.15, 0.2) is 17.5 Å². The predicted molar refractivity (Wildman–Crippen MR) is 135 cm³/mol. The van der Waals surface area contributed by atoms with Gasteiger partial charge in [-0.2, -0.15) is 0 Å². The van der Waals surface area contributed by atoms with E-state index in [0.717, 1.165) is 11.1 Å². The van der Waals surface area contributed by atoms with E-state index in [0.29, 0.717) is 30.5 Å². The lowest BCUT2D eigenvalue weighted by Gasteiger charge is -2.13. The van der Waals surface area contributed by atoms with Crippen LogP contribution in [0.1, 0.15) is 18.1 Å². The molecule has 2 aromatic rings. The van der Waals surface area contributed by atoms with Gasteiger partial charge in [-0.15, -0.1) is 24.0 Å². The van der Waals surface area contributed by atoms with Crippen LogP contribution in [0, 0.1) is 0 Å². The van der Waals surface area contributed by atoms with Gasteiger partial charge in [0.1, 0.15) is 0 Å². The normalized spacial score (nSPS) is 11.4. The molecule has 0 aliphatic rings. The summed E-state index contributed by atoms with van der Waals surface area (Å²) in [5.74, 6) is 1.79. The predicted octanol–water partition coefficient (Wildman–Crippen LogP) is 2.50. The highest BCUT2D eigenvalue weighted by atomic mass is 127. The van der Waals surface area contributed by atoms with E-state index in [9.17, 15) is 8.42 Å². The Morgan fingerprint density at radius 2 is 1.68 bits per heavy atom. The summed E-state index contributed by atoms with van der Waals surface area (Å²) in [4.78, 5) is 4.51. The topological polar surface area (TPSA) is 101 Å². The van der Waals surface area contributed by atoms with E-state index in [2.05, 4.69) is 20.3 Å². The molecule has 0 fully saturated rings. The maximum atomic E-state index is 12.2. The number of halogens is 1. The molecule has 0 aliphatic heterocycles. The van der Waals surface area contributed by atoms with Crippen molar-refractivity contribution in [3.63, 3.8) is 0 Å². The average molecular weight is 562 g/mol. The van der Waals surface area contributed by atoms with Crippen molar-refractivity contribution in [3.8, 4) is 11.5 Å². The van der Waals surface area contributed by atoms with Gasteiger partial charge in [-0.3, -0.25) is 0 Å². The number of ether oxygens (including phenoxy) is 2. The molecule has 10 heteroatoms. The quantitative estimate of drug-likeness (QED) is 0.221. The first-order valence-electron chi connectivity index (χ1n) is 9.71. The van der Waals surface area contributed by atoms with Crippen LogP contribution >= 0.6 is 24.0 Å². The molecule has 172 valence electrons. The number of hydrogen-bond acceptors (Lipinski definition) is 5. The van der Waals surface area contributed by atoms with Crippen LogP contribution < -0.4 is 24.8 Å². The molecule has 0 atom stereocenters. The van der Waals surface area contributed by atoms with Crippen LogP contribution in [0.3, 0.4) is 0 Å². The van der Waals surface area contributed by atoms with Crippen LogP contribution in [0.5, 0.6) is 11.5 Å². The number of nitrogens with zero attached hydrogens (tertiary/aromatic N) is 1. The Kier molecular flexibility index (Phi) is 12.3. The van der Waals surface area contributed by atoms with Gasteiger partial charge in [-0.25, -0.2) is 18.1 Å². The number of aliphatic imine (C=N–C) groups is 1. The van der Waals surface area contributed by atoms with Crippen LogP contribution in [-0.4, -0.2) is 47.4 Å². The molecule has 0 amide bonds. The van der Waals surface area contributed by atoms with Crippen molar-refractivity contribution in [1.82, 2.24) is 15.4 Å². The van der Waals surface area contributed by atoms with Crippen molar-refractivity contribution >= 4 is 40.0 Å². The first kappa shape index (κ1) is 27.0. The third-order valence-corrected chi connectivity index (χ3v) is 5.54. The molecule has 0 radical (unpaired) electrons. The molecule has 3 N–H and O–H groups in total. The molecule has 2 aromatic carbocycles. The highest BCUT2D eigenvalue weighted by molar-refractivity contribution is 14.0. The van der Waals surface area contributed by atoms with Crippen molar-refractivity contribution in [2.24, 2.45) is 4.99 Å². The second kappa shape index (κ2) is 14.1. The molecule has 0 aromatic heterocycles. The minimum atomic E-state index is -3.40. The zero-order chi connectivity index (χ0) is 21.8. The monoisotopic (exact) mass is 562 g/mol. The number of rotatable bonds is 11. The van der Waals surface area contributed by atoms with Gasteiger partial charge < -0.3 is 20.1 Å². The lowest BCUT2D eigenvalue weighted by molar-refractivity contribution is 0.354. The van der Waals surface area contributed by atoms with E-state index in [-0.39, 0.29) is 42.8 Å². The fourth-order valence-corrected chi connectivity index (χ4v) is 3.56. The summed E-state index contributed by atoms with van der Waals surface area (Å²) >= 11 is 0. The Morgan fingerprint density at radius 3 is 2.32 bits per heavy atom. The van der Waals surface area contributed by atoms with Crippen LogP contribution in [0.4, 0.5) is 0 Å². The van der Waals surface area contributed by atoms with E-state index in [1.54, 1.807) is 14.2 Å². The molecule has 0 unspecified atom stereocenters. The number of hydrogen-bond donors (Lipinski definition) is 3. The summed E-state index contributed by atoms with van der Waals surface area (Å²) in [6.45, 7) is 3.54. The molecule has 31 heavy (non-hydrogen) atoms. The maximum absolute atomic E-state index is 12.2. The molecular formula is C21H31IN4O4S. The Labute approximate surface area is 201 Å². The van der Waals surface area contributed by atoms with Gasteiger partial charge in [0.05, 0.1) is 26.5 Å². The largest absolute Gasteiger partial charge is 0.493 e. The SMILES string of the molecule is CCNC(=NCc1ccc(OC)c(OC)c1)NCCS(=O)(=O)NCc1ccccc1.I. The van der Waals surface area contributed by atoms with E-state index < -0.39 is 10.0 Å². The van der Waals surface area contributed by atoms with Crippen molar-refractivity contribution in [2.45, 2.75) is 20.0 Å². The molecule has 0 saturated heterocycles. The van der Waals surface area contributed by atoms with E-state index in [1.165, 1.54) is 0 Å². The first-order chi connectivity index (χ1) is 14.5. The standard InChI is InChI=1S/C21H30N4O4S.HI/c1-4-22-21(24-15-18-10-11-19(28-2)20(14-18)29-3)23-12-13-30(26,27)25-16-17-8-6-5-7-9-17;/h5-11,14,25H,4,12-13,15-16H2,1-3H3,(H2,22,23,24);1H. The van der Waals surface area contributed by atoms with Gasteiger partial charge in [0.2, 0.25) is 10.0 Å². The van der Waals surface area contributed by atoms with Crippen LogP contribution in [0.25, 0.3) is 0 Å². The van der Waals surface area contributed by atoms with Gasteiger partial charge in [-0.1, -0.05) is 36.4 Å². The molecule has 0 heterocycles. The van der Waals surface area contributed by atoms with Crippen LogP contribution in [0.15, 0.2) is 53.5 Å². The van der Waals surface area contributed by atoms with Crippen molar-refractivity contribution < 1.29 is 17.9 Å². The average Bonchev–Trinajstić information content (AvgIpc) is 2.76. The van der Waals surface area contributed by atoms with Crippen molar-refractivity contribution in [1.29, 1.82) is 0 Å². The van der Waals surface area contributed by atoms with Crippen LogP contribution in [0.2, 0.25) is 0 Å². The first-order valence-corrected chi connectivity index (χ1v) is 11.4. The van der Waals surface area contributed by atoms with Gasteiger partial charge >= 0.3 is 0 Å². The molecule has 0 bridgehead atoms. The summed E-state index contributed by atoms with van der Waals surface area (Å²) in [7, 11) is -0.225. The van der Waals surface area contributed by atoms with Gasteiger partial charge in [-0.05, 0) is 30.2 Å². The highest BCUT2D eigenvalue weighted by Gasteiger charge is 2.10. The molecular weight excluding hydrogens is 531 g/mol. The molecule has 0 aliphatic carbocycles. The minimum Gasteiger partial charge on any atom is -0.493 e. The summed E-state index contributed by atoms with van der Waals surface area (Å²) in [5, 5.41) is 6.18. The molecule has 0 spiro atoms. The third-order valence-electron chi connectivity index (χ3n) is 4.21. The second-order valence-electron chi connectivity index (χ2n) is 6.44. The van der Waals surface area contributed by atoms with Gasteiger partial charge in [0, 0.05) is 19.6 Å². The number of methoxy groups -OCH3 is 2. The van der Waals surface area contributed by atoms with Crippen LogP contribution in [-0.2, 0) is 23.1 Å². The molecule has 8 nitrogen and oxygen atoms in total. The van der Waals surface area contributed by atoms with Gasteiger partial charge in [0.25, 0.3) is 0 Å².